The molecule has 3 rings (SSSR count). The first kappa shape index (κ1) is 26.7. The average Bonchev–Trinajstić information content (AvgIpc) is 2.83. The molecule has 0 bridgehead atoms. The maximum absolute atomic E-state index is 13.1. The van der Waals surface area contributed by atoms with Crippen molar-refractivity contribution in [3.8, 4) is 0 Å². The van der Waals surface area contributed by atoms with Gasteiger partial charge in [-0.25, -0.2) is 8.42 Å². The van der Waals surface area contributed by atoms with Crippen LogP contribution in [0.3, 0.4) is 0 Å². The van der Waals surface area contributed by atoms with Gasteiger partial charge in [0.05, 0.1) is 4.90 Å². The molecule has 0 saturated carbocycles. The van der Waals surface area contributed by atoms with E-state index in [2.05, 4.69) is 17.0 Å². The molecule has 1 aliphatic rings. The molecule has 2 amide bonds. The highest BCUT2D eigenvalue weighted by atomic mass is 32.2. The predicted molar refractivity (Wildman–Crippen MR) is 139 cm³/mol. The molecule has 1 saturated heterocycles. The maximum atomic E-state index is 13.1. The third-order valence-electron chi connectivity index (χ3n) is 6.40. The second-order valence-electron chi connectivity index (χ2n) is 9.61. The molecule has 1 heterocycles. The van der Waals surface area contributed by atoms with E-state index in [0.717, 1.165) is 19.3 Å². The highest BCUT2D eigenvalue weighted by Crippen LogP contribution is 2.22. The number of hydrogen-bond acceptors (Lipinski definition) is 4. The number of nitrogens with zero attached hydrogens (tertiary/aromatic N) is 1. The van der Waals surface area contributed by atoms with Crippen LogP contribution in [0, 0.1) is 12.8 Å². The Kier molecular flexibility index (Phi) is 8.94. The van der Waals surface area contributed by atoms with Gasteiger partial charge in [-0.1, -0.05) is 45.4 Å². The smallest absolute Gasteiger partial charge is 0.262 e. The SMILES string of the molecule is CCCCc1ccc(NS(=O)(=O)c2cc(C(=O)NC3CCN(C(=O)C(C)C)CC3)ccc2C)cc1. The van der Waals surface area contributed by atoms with Crippen molar-refractivity contribution in [3.05, 3.63) is 59.2 Å². The number of benzene rings is 2. The first-order valence-electron chi connectivity index (χ1n) is 12.4. The Labute approximate surface area is 209 Å². The number of carbonyl (C=O) groups is 2. The molecule has 0 atom stereocenters. The predicted octanol–water partition coefficient (Wildman–Crippen LogP) is 4.52. The van der Waals surface area contributed by atoms with Gasteiger partial charge in [-0.2, -0.15) is 0 Å². The Bertz CT molecular complexity index is 1140. The fourth-order valence-electron chi connectivity index (χ4n) is 4.24. The number of unbranched alkanes of at least 4 members (excludes halogenated alkanes) is 1. The van der Waals surface area contributed by atoms with E-state index < -0.39 is 10.0 Å². The van der Waals surface area contributed by atoms with Gasteiger partial charge in [0.15, 0.2) is 0 Å². The molecule has 0 unspecified atom stereocenters. The van der Waals surface area contributed by atoms with Crippen molar-refractivity contribution in [2.45, 2.75) is 70.7 Å². The van der Waals surface area contributed by atoms with Crippen molar-refractivity contribution in [1.29, 1.82) is 0 Å². The zero-order valence-electron chi connectivity index (χ0n) is 21.1. The largest absolute Gasteiger partial charge is 0.349 e. The minimum atomic E-state index is -3.86. The third-order valence-corrected chi connectivity index (χ3v) is 7.92. The molecular weight excluding hydrogens is 462 g/mol. The minimum absolute atomic E-state index is 0.0401. The number of aryl methyl sites for hydroxylation is 2. The molecule has 7 nitrogen and oxygen atoms in total. The fraction of sp³-hybridized carbons (Fsp3) is 0.481. The molecule has 2 aromatic carbocycles. The highest BCUT2D eigenvalue weighted by molar-refractivity contribution is 7.92. The first-order chi connectivity index (χ1) is 16.6. The standard InChI is InChI=1S/C27H37N3O4S/c1-5-6-7-21-9-12-24(13-10-21)29-35(33,34)25-18-22(11-8-20(25)4)26(31)28-23-14-16-30(17-15-23)27(32)19(2)3/h8-13,18-19,23,29H,5-7,14-17H2,1-4H3,(H,28,31). The summed E-state index contributed by atoms with van der Waals surface area (Å²) in [6, 6.07) is 12.1. The van der Waals surface area contributed by atoms with Gasteiger partial charge in [-0.3, -0.25) is 14.3 Å². The van der Waals surface area contributed by atoms with Crippen molar-refractivity contribution < 1.29 is 18.0 Å². The Balaban J connectivity index is 1.66. The summed E-state index contributed by atoms with van der Waals surface area (Å²) in [7, 11) is -3.86. The molecule has 2 aromatic rings. The summed E-state index contributed by atoms with van der Waals surface area (Å²) in [6.07, 6.45) is 4.52. The zero-order chi connectivity index (χ0) is 25.6. The van der Waals surface area contributed by atoms with Crippen LogP contribution in [0.2, 0.25) is 0 Å². The van der Waals surface area contributed by atoms with Gasteiger partial charge in [0, 0.05) is 36.3 Å². The van der Waals surface area contributed by atoms with Crippen LogP contribution in [0.5, 0.6) is 0 Å². The summed E-state index contributed by atoms with van der Waals surface area (Å²) >= 11 is 0. The number of nitrogens with one attached hydrogen (secondary N) is 2. The minimum Gasteiger partial charge on any atom is -0.349 e. The van der Waals surface area contributed by atoms with E-state index >= 15 is 0 Å². The third kappa shape index (κ3) is 7.07. The van der Waals surface area contributed by atoms with Crippen LogP contribution in [0.4, 0.5) is 5.69 Å². The fourth-order valence-corrected chi connectivity index (χ4v) is 5.57. The van der Waals surface area contributed by atoms with Crippen molar-refractivity contribution >= 4 is 27.5 Å². The Morgan fingerprint density at radius 3 is 2.31 bits per heavy atom. The van der Waals surface area contributed by atoms with Crippen molar-refractivity contribution in [2.24, 2.45) is 5.92 Å². The topological polar surface area (TPSA) is 95.6 Å². The summed E-state index contributed by atoms with van der Waals surface area (Å²) in [4.78, 5) is 27.0. The number of amides is 2. The highest BCUT2D eigenvalue weighted by Gasteiger charge is 2.26. The van der Waals surface area contributed by atoms with Gasteiger partial charge >= 0.3 is 0 Å². The van der Waals surface area contributed by atoms with Crippen LogP contribution < -0.4 is 10.0 Å². The van der Waals surface area contributed by atoms with Crippen LogP contribution in [-0.4, -0.2) is 44.3 Å². The normalized spacial score (nSPS) is 14.7. The van der Waals surface area contributed by atoms with E-state index in [1.807, 2.05) is 30.9 Å². The lowest BCUT2D eigenvalue weighted by molar-refractivity contribution is -0.135. The molecule has 1 aliphatic heterocycles. The van der Waals surface area contributed by atoms with Crippen LogP contribution >= 0.6 is 0 Å². The van der Waals surface area contributed by atoms with Gasteiger partial charge in [-0.15, -0.1) is 0 Å². The van der Waals surface area contributed by atoms with Crippen LogP contribution in [-0.2, 0) is 21.2 Å². The van der Waals surface area contributed by atoms with Gasteiger partial charge in [0.25, 0.3) is 15.9 Å². The maximum Gasteiger partial charge on any atom is 0.262 e. The quantitative estimate of drug-likeness (QED) is 0.530. The Morgan fingerprint density at radius 2 is 1.71 bits per heavy atom. The lowest BCUT2D eigenvalue weighted by Gasteiger charge is -2.33. The summed E-state index contributed by atoms with van der Waals surface area (Å²) in [6.45, 7) is 8.84. The monoisotopic (exact) mass is 499 g/mol. The number of rotatable bonds is 9. The van der Waals surface area contributed by atoms with E-state index in [0.29, 0.717) is 42.7 Å². The van der Waals surface area contributed by atoms with E-state index in [9.17, 15) is 18.0 Å². The van der Waals surface area contributed by atoms with E-state index in [1.165, 1.54) is 11.6 Å². The molecule has 190 valence electrons. The summed E-state index contributed by atoms with van der Waals surface area (Å²) in [5, 5.41) is 3.00. The molecule has 0 radical (unpaired) electrons. The van der Waals surface area contributed by atoms with Crippen molar-refractivity contribution in [3.63, 3.8) is 0 Å². The summed E-state index contributed by atoms with van der Waals surface area (Å²) in [5.74, 6) is -0.219. The summed E-state index contributed by atoms with van der Waals surface area (Å²) < 4.78 is 28.9. The number of hydrogen-bond donors (Lipinski definition) is 2. The van der Waals surface area contributed by atoms with Crippen LogP contribution in [0.25, 0.3) is 0 Å². The molecular formula is C27H37N3O4S. The summed E-state index contributed by atoms with van der Waals surface area (Å²) in [5.41, 5.74) is 2.52. The van der Waals surface area contributed by atoms with Gasteiger partial charge < -0.3 is 10.2 Å². The number of sulfonamides is 1. The number of piperidine rings is 1. The number of anilines is 1. The van der Waals surface area contributed by atoms with Crippen molar-refractivity contribution in [2.75, 3.05) is 17.8 Å². The van der Waals surface area contributed by atoms with Gasteiger partial charge in [-0.05, 0) is 68.0 Å². The second kappa shape index (κ2) is 11.7. The second-order valence-corrected chi connectivity index (χ2v) is 11.3. The molecule has 0 aromatic heterocycles. The van der Waals surface area contributed by atoms with E-state index in [4.69, 9.17) is 0 Å². The lowest BCUT2D eigenvalue weighted by atomic mass is 10.0. The number of carbonyl (C=O) groups excluding carboxylic acids is 2. The van der Waals surface area contributed by atoms with Crippen LogP contribution in [0.1, 0.15) is 67.9 Å². The Hall–Kier alpha value is -2.87. The lowest BCUT2D eigenvalue weighted by Crippen LogP contribution is -2.47. The number of likely N-dealkylation sites (tertiary alicyclic amines) is 1. The Morgan fingerprint density at radius 1 is 1.06 bits per heavy atom. The first-order valence-corrected chi connectivity index (χ1v) is 13.9. The van der Waals surface area contributed by atoms with Crippen LogP contribution in [0.15, 0.2) is 47.4 Å². The molecule has 0 spiro atoms. The molecule has 1 fully saturated rings. The van der Waals surface area contributed by atoms with Gasteiger partial charge in [0.1, 0.15) is 0 Å². The van der Waals surface area contributed by atoms with E-state index in [1.54, 1.807) is 31.2 Å². The average molecular weight is 500 g/mol. The molecule has 0 aliphatic carbocycles. The van der Waals surface area contributed by atoms with Gasteiger partial charge in [0.2, 0.25) is 5.91 Å². The molecule has 8 heteroatoms. The van der Waals surface area contributed by atoms with Crippen molar-refractivity contribution in [1.82, 2.24) is 10.2 Å². The molecule has 2 N–H and O–H groups in total. The van der Waals surface area contributed by atoms with E-state index in [-0.39, 0.29) is 28.7 Å². The zero-order valence-corrected chi connectivity index (χ0v) is 22.0. The molecule has 35 heavy (non-hydrogen) atoms.